The molecule has 2 heterocycles. The number of anilines is 1. The molecule has 1 aliphatic rings. The molecule has 0 saturated carbocycles. The van der Waals surface area contributed by atoms with Crippen molar-refractivity contribution >= 4 is 17.4 Å². The first-order chi connectivity index (χ1) is 8.05. The first kappa shape index (κ1) is 12.4. The zero-order chi connectivity index (χ0) is 12.5. The lowest BCUT2D eigenvalue weighted by Crippen LogP contribution is -2.41. The number of methoxy groups -OCH3 is 1. The van der Waals surface area contributed by atoms with Gasteiger partial charge in [0, 0.05) is 6.61 Å². The first-order valence-electron chi connectivity index (χ1n) is 5.51. The quantitative estimate of drug-likeness (QED) is 0.899. The molecule has 0 amide bonds. The van der Waals surface area contributed by atoms with E-state index in [-0.39, 0.29) is 11.6 Å². The van der Waals surface area contributed by atoms with Crippen molar-refractivity contribution in [2.75, 3.05) is 19.0 Å². The average molecular weight is 258 g/mol. The van der Waals surface area contributed by atoms with Crippen molar-refractivity contribution in [3.05, 3.63) is 11.2 Å². The Labute approximate surface area is 105 Å². The van der Waals surface area contributed by atoms with Gasteiger partial charge >= 0.3 is 6.01 Å². The number of nitrogens with zero attached hydrogens (tertiary/aromatic N) is 2. The monoisotopic (exact) mass is 257 g/mol. The summed E-state index contributed by atoms with van der Waals surface area (Å²) in [6.07, 6.45) is 2.55. The van der Waals surface area contributed by atoms with Gasteiger partial charge in [-0.1, -0.05) is 11.6 Å². The summed E-state index contributed by atoms with van der Waals surface area (Å²) < 4.78 is 10.5. The van der Waals surface area contributed by atoms with Crippen LogP contribution in [0.3, 0.4) is 0 Å². The van der Waals surface area contributed by atoms with Crippen molar-refractivity contribution in [3.63, 3.8) is 0 Å². The second-order valence-corrected chi connectivity index (χ2v) is 4.77. The molecule has 2 unspecified atom stereocenters. The van der Waals surface area contributed by atoms with Gasteiger partial charge in [-0.05, 0) is 20.3 Å². The minimum atomic E-state index is -0.164. The Kier molecular flexibility index (Phi) is 3.40. The Bertz CT molecular complexity index is 416. The Balaban J connectivity index is 2.23. The van der Waals surface area contributed by atoms with E-state index in [4.69, 9.17) is 21.1 Å². The summed E-state index contributed by atoms with van der Waals surface area (Å²) in [7, 11) is 1.52. The Hall–Kier alpha value is -1.07. The largest absolute Gasteiger partial charge is 0.467 e. The molecule has 0 radical (unpaired) electrons. The van der Waals surface area contributed by atoms with Gasteiger partial charge < -0.3 is 14.8 Å². The van der Waals surface area contributed by atoms with Crippen molar-refractivity contribution in [1.29, 1.82) is 0 Å². The van der Waals surface area contributed by atoms with Gasteiger partial charge in [-0.2, -0.15) is 4.98 Å². The number of halogens is 1. The lowest BCUT2D eigenvalue weighted by Gasteiger charge is -2.29. The van der Waals surface area contributed by atoms with Crippen molar-refractivity contribution in [2.45, 2.75) is 31.9 Å². The van der Waals surface area contributed by atoms with E-state index in [1.54, 1.807) is 0 Å². The fourth-order valence-electron chi connectivity index (χ4n) is 1.81. The van der Waals surface area contributed by atoms with Crippen molar-refractivity contribution in [3.8, 4) is 6.01 Å². The maximum absolute atomic E-state index is 6.06. The highest BCUT2D eigenvalue weighted by Gasteiger charge is 2.37. The summed E-state index contributed by atoms with van der Waals surface area (Å²) in [5.74, 6) is 0.582. The van der Waals surface area contributed by atoms with Crippen LogP contribution in [0.4, 0.5) is 5.82 Å². The smallest absolute Gasteiger partial charge is 0.318 e. The van der Waals surface area contributed by atoms with Crippen LogP contribution in [0, 0.1) is 0 Å². The predicted molar refractivity (Wildman–Crippen MR) is 65.7 cm³/mol. The zero-order valence-electron chi connectivity index (χ0n) is 10.2. The van der Waals surface area contributed by atoms with Gasteiger partial charge in [0.2, 0.25) is 0 Å². The van der Waals surface area contributed by atoms with Crippen LogP contribution in [-0.4, -0.2) is 35.3 Å². The second-order valence-electron chi connectivity index (χ2n) is 4.36. The molecule has 1 aromatic heterocycles. The zero-order valence-corrected chi connectivity index (χ0v) is 10.9. The van der Waals surface area contributed by atoms with E-state index in [0.717, 1.165) is 13.0 Å². The van der Waals surface area contributed by atoms with Crippen LogP contribution >= 0.6 is 11.6 Å². The third kappa shape index (κ3) is 2.45. The van der Waals surface area contributed by atoms with E-state index in [9.17, 15) is 0 Å². The number of hydrogen-bond acceptors (Lipinski definition) is 5. The molecule has 1 aliphatic heterocycles. The van der Waals surface area contributed by atoms with Gasteiger partial charge in [0.05, 0.1) is 24.9 Å². The maximum Gasteiger partial charge on any atom is 0.318 e. The third-order valence-electron chi connectivity index (χ3n) is 3.20. The van der Waals surface area contributed by atoms with Crippen LogP contribution in [0.25, 0.3) is 0 Å². The minimum absolute atomic E-state index is 0.111. The van der Waals surface area contributed by atoms with Gasteiger partial charge in [0.15, 0.2) is 5.82 Å². The summed E-state index contributed by atoms with van der Waals surface area (Å²) in [6.45, 7) is 4.87. The lowest BCUT2D eigenvalue weighted by molar-refractivity contribution is 0.105. The molecule has 1 aromatic rings. The fourth-order valence-corrected chi connectivity index (χ4v) is 1.94. The molecule has 0 aliphatic carbocycles. The summed E-state index contributed by atoms with van der Waals surface area (Å²) >= 11 is 6.06. The third-order valence-corrected chi connectivity index (χ3v) is 3.47. The van der Waals surface area contributed by atoms with E-state index in [0.29, 0.717) is 16.9 Å². The molecule has 94 valence electrons. The van der Waals surface area contributed by atoms with Crippen LogP contribution in [0.2, 0.25) is 5.02 Å². The number of rotatable bonds is 3. The van der Waals surface area contributed by atoms with Gasteiger partial charge in [-0.25, -0.2) is 4.98 Å². The van der Waals surface area contributed by atoms with E-state index < -0.39 is 0 Å². The topological polar surface area (TPSA) is 56.3 Å². The lowest BCUT2D eigenvalue weighted by atomic mass is 9.95. The van der Waals surface area contributed by atoms with E-state index in [1.807, 2.05) is 6.92 Å². The molecule has 1 saturated heterocycles. The number of hydrogen-bond donors (Lipinski definition) is 1. The van der Waals surface area contributed by atoms with Crippen LogP contribution in [-0.2, 0) is 4.74 Å². The number of nitrogens with one attached hydrogen (secondary N) is 1. The molecule has 1 fully saturated rings. The van der Waals surface area contributed by atoms with Crippen LogP contribution in [0.15, 0.2) is 6.20 Å². The molecule has 0 spiro atoms. The normalized spacial score (nSPS) is 28.1. The van der Waals surface area contributed by atoms with E-state index in [2.05, 4.69) is 22.2 Å². The molecule has 5 nitrogen and oxygen atoms in total. The minimum Gasteiger partial charge on any atom is -0.467 e. The Morgan fingerprint density at radius 2 is 2.41 bits per heavy atom. The van der Waals surface area contributed by atoms with Crippen molar-refractivity contribution in [2.24, 2.45) is 0 Å². The van der Waals surface area contributed by atoms with E-state index >= 15 is 0 Å². The van der Waals surface area contributed by atoms with Gasteiger partial charge in [0.25, 0.3) is 0 Å². The maximum atomic E-state index is 6.06. The number of aromatic nitrogens is 2. The SMILES string of the molecule is COc1ncc(Cl)c(NC2(C)CCOC2C)n1. The summed E-state index contributed by atoms with van der Waals surface area (Å²) in [5, 5.41) is 3.80. The molecule has 6 heteroatoms. The van der Waals surface area contributed by atoms with Crippen molar-refractivity contribution in [1.82, 2.24) is 9.97 Å². The highest BCUT2D eigenvalue weighted by atomic mass is 35.5. The number of ether oxygens (including phenoxy) is 2. The van der Waals surface area contributed by atoms with Crippen LogP contribution in [0.5, 0.6) is 6.01 Å². The second kappa shape index (κ2) is 4.66. The fraction of sp³-hybridized carbons (Fsp3) is 0.636. The highest BCUT2D eigenvalue weighted by Crippen LogP contribution is 2.31. The van der Waals surface area contributed by atoms with Crippen molar-refractivity contribution < 1.29 is 9.47 Å². The summed E-state index contributed by atoms with van der Waals surface area (Å²) in [6, 6.07) is 0.298. The highest BCUT2D eigenvalue weighted by molar-refractivity contribution is 6.32. The first-order valence-corrected chi connectivity index (χ1v) is 5.89. The molecule has 2 atom stereocenters. The van der Waals surface area contributed by atoms with E-state index in [1.165, 1.54) is 13.3 Å². The Morgan fingerprint density at radius 3 is 3.00 bits per heavy atom. The molecular formula is C11H16ClN3O2. The molecule has 0 aromatic carbocycles. The molecular weight excluding hydrogens is 242 g/mol. The van der Waals surface area contributed by atoms with Gasteiger partial charge in [-0.3, -0.25) is 0 Å². The van der Waals surface area contributed by atoms with Gasteiger partial charge in [-0.15, -0.1) is 0 Å². The predicted octanol–water partition coefficient (Wildman–Crippen LogP) is 2.12. The average Bonchev–Trinajstić information content (AvgIpc) is 2.62. The molecule has 0 bridgehead atoms. The van der Waals surface area contributed by atoms with Crippen LogP contribution < -0.4 is 10.1 Å². The molecule has 17 heavy (non-hydrogen) atoms. The summed E-state index contributed by atoms with van der Waals surface area (Å²) in [5.41, 5.74) is -0.164. The van der Waals surface area contributed by atoms with Gasteiger partial charge in [0.1, 0.15) is 5.02 Å². The van der Waals surface area contributed by atoms with Crippen LogP contribution in [0.1, 0.15) is 20.3 Å². The standard InChI is InChI=1S/C11H16ClN3O2/c1-7-11(2,4-5-17-7)15-9-8(12)6-13-10(14-9)16-3/h6-7H,4-5H2,1-3H3,(H,13,14,15). The summed E-state index contributed by atoms with van der Waals surface area (Å²) in [4.78, 5) is 8.14. The molecule has 1 N–H and O–H groups in total. The molecule has 2 rings (SSSR count). The Morgan fingerprint density at radius 1 is 1.65 bits per heavy atom.